The topological polar surface area (TPSA) is 40.5 Å². The van der Waals surface area contributed by atoms with Gasteiger partial charge < -0.3 is 10.0 Å². The van der Waals surface area contributed by atoms with E-state index in [-0.39, 0.29) is 0 Å². The third-order valence-electron chi connectivity index (χ3n) is 3.71. The fourth-order valence-corrected chi connectivity index (χ4v) is 2.42. The van der Waals surface area contributed by atoms with Crippen molar-refractivity contribution in [3.63, 3.8) is 0 Å². The smallest absolute Gasteiger partial charge is 0.337 e. The third-order valence-corrected chi connectivity index (χ3v) is 3.71. The fourth-order valence-electron chi connectivity index (χ4n) is 2.42. The van der Waals surface area contributed by atoms with Crippen molar-refractivity contribution in [2.75, 3.05) is 18.0 Å². The standard InChI is InChI=1S/C14H19NO2/c1-9-4-5-13(12(6-9)14(16)17)15-7-10(2)11(3)8-15/h4-6,10-11H,7-8H2,1-3H3,(H,16,17). The van der Waals surface area contributed by atoms with Crippen LogP contribution in [0.15, 0.2) is 18.2 Å². The highest BCUT2D eigenvalue weighted by Gasteiger charge is 2.28. The van der Waals surface area contributed by atoms with E-state index in [4.69, 9.17) is 0 Å². The lowest BCUT2D eigenvalue weighted by Crippen LogP contribution is -2.22. The molecule has 0 saturated carbocycles. The maximum absolute atomic E-state index is 11.3. The Kier molecular flexibility index (Phi) is 3.09. The number of hydrogen-bond acceptors (Lipinski definition) is 2. The van der Waals surface area contributed by atoms with Crippen molar-refractivity contribution in [1.29, 1.82) is 0 Å². The molecule has 0 aromatic heterocycles. The Morgan fingerprint density at radius 1 is 1.29 bits per heavy atom. The number of hydrogen-bond donors (Lipinski definition) is 1. The van der Waals surface area contributed by atoms with Crippen LogP contribution in [0.4, 0.5) is 5.69 Å². The van der Waals surface area contributed by atoms with Gasteiger partial charge in [-0.25, -0.2) is 4.79 Å². The molecular weight excluding hydrogens is 214 g/mol. The molecule has 0 radical (unpaired) electrons. The molecule has 0 bridgehead atoms. The number of rotatable bonds is 2. The number of anilines is 1. The van der Waals surface area contributed by atoms with Gasteiger partial charge in [-0.3, -0.25) is 0 Å². The van der Waals surface area contributed by atoms with E-state index in [2.05, 4.69) is 18.7 Å². The molecule has 3 nitrogen and oxygen atoms in total. The number of carboxylic acids is 1. The number of aryl methyl sites for hydroxylation is 1. The van der Waals surface area contributed by atoms with Crippen LogP contribution in [0.3, 0.4) is 0 Å². The fraction of sp³-hybridized carbons (Fsp3) is 0.500. The van der Waals surface area contributed by atoms with Gasteiger partial charge in [0.2, 0.25) is 0 Å². The molecule has 0 aliphatic carbocycles. The van der Waals surface area contributed by atoms with Crippen LogP contribution < -0.4 is 4.90 Å². The summed E-state index contributed by atoms with van der Waals surface area (Å²) in [5.41, 5.74) is 2.28. The number of aromatic carboxylic acids is 1. The summed E-state index contributed by atoms with van der Waals surface area (Å²) in [7, 11) is 0. The summed E-state index contributed by atoms with van der Waals surface area (Å²) in [5, 5.41) is 9.26. The van der Waals surface area contributed by atoms with E-state index in [1.54, 1.807) is 6.07 Å². The van der Waals surface area contributed by atoms with Crippen molar-refractivity contribution in [3.05, 3.63) is 29.3 Å². The maximum Gasteiger partial charge on any atom is 0.337 e. The summed E-state index contributed by atoms with van der Waals surface area (Å²) in [6.45, 7) is 8.26. The Hall–Kier alpha value is -1.51. The van der Waals surface area contributed by atoms with Crippen LogP contribution in [-0.4, -0.2) is 24.2 Å². The zero-order valence-electron chi connectivity index (χ0n) is 10.6. The summed E-state index contributed by atoms with van der Waals surface area (Å²) < 4.78 is 0. The molecule has 1 aromatic carbocycles. The van der Waals surface area contributed by atoms with E-state index >= 15 is 0 Å². The predicted octanol–water partition coefficient (Wildman–Crippen LogP) is 2.79. The highest BCUT2D eigenvalue weighted by Crippen LogP contribution is 2.30. The zero-order valence-corrected chi connectivity index (χ0v) is 10.6. The molecule has 92 valence electrons. The molecule has 0 spiro atoms. The van der Waals surface area contributed by atoms with Gasteiger partial charge in [0.1, 0.15) is 0 Å². The van der Waals surface area contributed by atoms with E-state index in [1.807, 2.05) is 19.1 Å². The van der Waals surface area contributed by atoms with Gasteiger partial charge in [0.05, 0.1) is 11.3 Å². The molecule has 1 saturated heterocycles. The minimum absolute atomic E-state index is 0.423. The summed E-state index contributed by atoms with van der Waals surface area (Å²) in [4.78, 5) is 13.5. The molecule has 0 amide bonds. The summed E-state index contributed by atoms with van der Waals surface area (Å²) >= 11 is 0. The summed E-state index contributed by atoms with van der Waals surface area (Å²) in [6.07, 6.45) is 0. The average Bonchev–Trinajstić information content (AvgIpc) is 2.59. The predicted molar refractivity (Wildman–Crippen MR) is 68.7 cm³/mol. The van der Waals surface area contributed by atoms with Crippen molar-refractivity contribution < 1.29 is 9.90 Å². The molecule has 2 rings (SSSR count). The minimum atomic E-state index is -0.837. The van der Waals surface area contributed by atoms with E-state index < -0.39 is 5.97 Å². The molecule has 1 aliphatic rings. The number of benzene rings is 1. The molecule has 1 N–H and O–H groups in total. The minimum Gasteiger partial charge on any atom is -0.478 e. The second-order valence-electron chi connectivity index (χ2n) is 5.19. The van der Waals surface area contributed by atoms with Crippen LogP contribution in [0, 0.1) is 18.8 Å². The van der Waals surface area contributed by atoms with Gasteiger partial charge in [-0.1, -0.05) is 25.5 Å². The van der Waals surface area contributed by atoms with Crippen molar-refractivity contribution in [2.45, 2.75) is 20.8 Å². The Morgan fingerprint density at radius 2 is 1.88 bits per heavy atom. The highest BCUT2D eigenvalue weighted by molar-refractivity contribution is 5.94. The quantitative estimate of drug-likeness (QED) is 0.854. The third kappa shape index (κ3) is 2.28. The van der Waals surface area contributed by atoms with E-state index in [1.165, 1.54) is 0 Å². The van der Waals surface area contributed by atoms with Crippen LogP contribution in [0.2, 0.25) is 0 Å². The Morgan fingerprint density at radius 3 is 2.41 bits per heavy atom. The largest absolute Gasteiger partial charge is 0.478 e. The normalized spacial score (nSPS) is 24.1. The average molecular weight is 233 g/mol. The van der Waals surface area contributed by atoms with Crippen LogP contribution in [-0.2, 0) is 0 Å². The second kappa shape index (κ2) is 4.40. The molecule has 1 aliphatic heterocycles. The van der Waals surface area contributed by atoms with Gasteiger partial charge >= 0.3 is 5.97 Å². The van der Waals surface area contributed by atoms with Gasteiger partial charge in [0.15, 0.2) is 0 Å². The molecule has 1 fully saturated rings. The second-order valence-corrected chi connectivity index (χ2v) is 5.19. The first kappa shape index (κ1) is 12.0. The first-order valence-electron chi connectivity index (χ1n) is 6.08. The van der Waals surface area contributed by atoms with Crippen molar-refractivity contribution in [1.82, 2.24) is 0 Å². The number of nitrogens with zero attached hydrogens (tertiary/aromatic N) is 1. The lowest BCUT2D eigenvalue weighted by atomic mass is 10.0. The van der Waals surface area contributed by atoms with Gasteiger partial charge in [0.25, 0.3) is 0 Å². The van der Waals surface area contributed by atoms with Gasteiger partial charge in [0, 0.05) is 13.1 Å². The summed E-state index contributed by atoms with van der Waals surface area (Å²) in [5.74, 6) is 0.409. The van der Waals surface area contributed by atoms with Gasteiger partial charge in [-0.05, 0) is 30.9 Å². The van der Waals surface area contributed by atoms with E-state index in [0.29, 0.717) is 17.4 Å². The highest BCUT2D eigenvalue weighted by atomic mass is 16.4. The first-order chi connectivity index (χ1) is 7.99. The van der Waals surface area contributed by atoms with Crippen molar-refractivity contribution in [2.24, 2.45) is 11.8 Å². The van der Waals surface area contributed by atoms with Crippen molar-refractivity contribution >= 4 is 11.7 Å². The Labute approximate surface area is 102 Å². The van der Waals surface area contributed by atoms with Crippen LogP contribution >= 0.6 is 0 Å². The molecule has 17 heavy (non-hydrogen) atoms. The van der Waals surface area contributed by atoms with Gasteiger partial charge in [-0.2, -0.15) is 0 Å². The molecule has 2 unspecified atom stereocenters. The Bertz CT molecular complexity index is 432. The molecule has 1 heterocycles. The lowest BCUT2D eigenvalue weighted by Gasteiger charge is -2.20. The van der Waals surface area contributed by atoms with Crippen molar-refractivity contribution in [3.8, 4) is 0 Å². The van der Waals surface area contributed by atoms with E-state index in [0.717, 1.165) is 24.3 Å². The molecular formula is C14H19NO2. The monoisotopic (exact) mass is 233 g/mol. The van der Waals surface area contributed by atoms with Gasteiger partial charge in [-0.15, -0.1) is 0 Å². The first-order valence-corrected chi connectivity index (χ1v) is 6.08. The molecule has 1 aromatic rings. The Balaban J connectivity index is 2.36. The number of carboxylic acid groups (broad SMARTS) is 1. The van der Waals surface area contributed by atoms with Crippen LogP contribution in [0.5, 0.6) is 0 Å². The zero-order chi connectivity index (χ0) is 12.6. The van der Waals surface area contributed by atoms with Crippen LogP contribution in [0.25, 0.3) is 0 Å². The van der Waals surface area contributed by atoms with Crippen LogP contribution in [0.1, 0.15) is 29.8 Å². The molecule has 3 heteroatoms. The SMILES string of the molecule is Cc1ccc(N2CC(C)C(C)C2)c(C(=O)O)c1. The lowest BCUT2D eigenvalue weighted by molar-refractivity contribution is 0.0697. The maximum atomic E-state index is 11.3. The van der Waals surface area contributed by atoms with E-state index in [9.17, 15) is 9.90 Å². The summed E-state index contributed by atoms with van der Waals surface area (Å²) in [6, 6.07) is 5.67. The number of carbonyl (C=O) groups is 1. The molecule has 2 atom stereocenters.